The first-order chi connectivity index (χ1) is 6.61. The Kier molecular flexibility index (Phi) is 4.99. The number of aliphatic hydroxyl groups is 1. The number of rotatable bonds is 5. The van der Waals surface area contributed by atoms with Crippen LogP contribution >= 0.6 is 23.1 Å². The third-order valence-corrected chi connectivity index (χ3v) is 4.51. The van der Waals surface area contributed by atoms with E-state index in [-0.39, 0.29) is 6.10 Å². The van der Waals surface area contributed by atoms with Gasteiger partial charge >= 0.3 is 0 Å². The predicted octanol–water partition coefficient (Wildman–Crippen LogP) is 3.48. The van der Waals surface area contributed by atoms with Gasteiger partial charge in [-0.3, -0.25) is 0 Å². The Hall–Kier alpha value is 0.01000. The van der Waals surface area contributed by atoms with Crippen molar-refractivity contribution in [1.29, 1.82) is 0 Å². The van der Waals surface area contributed by atoms with E-state index in [2.05, 4.69) is 26.8 Å². The lowest BCUT2D eigenvalue weighted by molar-refractivity contribution is 0.207. The zero-order valence-corrected chi connectivity index (χ0v) is 10.6. The second-order valence-electron chi connectivity index (χ2n) is 3.91. The fraction of sp³-hybridized carbons (Fsp3) is 0.636. The molecule has 1 heterocycles. The van der Waals surface area contributed by atoms with Crippen LogP contribution in [0.5, 0.6) is 0 Å². The molecule has 0 bridgehead atoms. The highest BCUT2D eigenvalue weighted by atomic mass is 32.2. The van der Waals surface area contributed by atoms with E-state index < -0.39 is 0 Å². The minimum absolute atomic E-state index is 0.279. The van der Waals surface area contributed by atoms with Crippen LogP contribution in [0.1, 0.15) is 30.4 Å². The normalized spacial score (nSPS) is 13.5. The molecule has 0 saturated carbocycles. The van der Waals surface area contributed by atoms with Gasteiger partial charge in [-0.1, -0.05) is 13.8 Å². The van der Waals surface area contributed by atoms with Gasteiger partial charge in [-0.25, -0.2) is 0 Å². The number of thiophene rings is 1. The van der Waals surface area contributed by atoms with Crippen molar-refractivity contribution in [1.82, 2.24) is 0 Å². The third kappa shape index (κ3) is 3.64. The molecular formula is C11H18OS2. The van der Waals surface area contributed by atoms with Gasteiger partial charge in [-0.2, -0.15) is 11.8 Å². The first-order valence-electron chi connectivity index (χ1n) is 4.91. The summed E-state index contributed by atoms with van der Waals surface area (Å²) in [5, 5.41) is 11.9. The summed E-state index contributed by atoms with van der Waals surface area (Å²) in [6.45, 7) is 6.47. The molecule has 1 N–H and O–H groups in total. The Morgan fingerprint density at radius 3 is 2.64 bits per heavy atom. The van der Waals surface area contributed by atoms with Gasteiger partial charge in [-0.05, 0) is 35.6 Å². The average Bonchev–Trinajstić information content (AvgIpc) is 2.50. The Morgan fingerprint density at radius 2 is 2.14 bits per heavy atom. The maximum Gasteiger partial charge on any atom is 0.0974 e. The molecule has 14 heavy (non-hydrogen) atoms. The average molecular weight is 230 g/mol. The second-order valence-corrected chi connectivity index (χ2v) is 5.94. The van der Waals surface area contributed by atoms with Crippen molar-refractivity contribution in [3.05, 3.63) is 21.9 Å². The summed E-state index contributed by atoms with van der Waals surface area (Å²) in [4.78, 5) is 1.13. The number of hydrogen-bond acceptors (Lipinski definition) is 3. The first kappa shape index (κ1) is 12.1. The van der Waals surface area contributed by atoms with Crippen LogP contribution in [0.2, 0.25) is 0 Å². The molecule has 0 fully saturated rings. The molecule has 1 unspecified atom stereocenters. The molecule has 1 aromatic heterocycles. The molecule has 1 rings (SSSR count). The van der Waals surface area contributed by atoms with Gasteiger partial charge in [0, 0.05) is 10.6 Å². The van der Waals surface area contributed by atoms with E-state index in [4.69, 9.17) is 0 Å². The quantitative estimate of drug-likeness (QED) is 0.835. The van der Waals surface area contributed by atoms with Crippen molar-refractivity contribution in [2.24, 2.45) is 5.92 Å². The summed E-state index contributed by atoms with van der Waals surface area (Å²) < 4.78 is 0. The van der Waals surface area contributed by atoms with E-state index in [0.29, 0.717) is 5.92 Å². The molecule has 3 heteroatoms. The zero-order valence-electron chi connectivity index (χ0n) is 8.99. The van der Waals surface area contributed by atoms with Crippen LogP contribution in [-0.2, 0) is 0 Å². The van der Waals surface area contributed by atoms with E-state index in [1.165, 1.54) is 5.56 Å². The smallest absolute Gasteiger partial charge is 0.0974 e. The molecule has 0 amide bonds. The van der Waals surface area contributed by atoms with E-state index in [9.17, 15) is 5.11 Å². The minimum Gasteiger partial charge on any atom is -0.387 e. The summed E-state index contributed by atoms with van der Waals surface area (Å²) in [7, 11) is 0. The Balaban J connectivity index is 2.36. The monoisotopic (exact) mass is 230 g/mol. The van der Waals surface area contributed by atoms with E-state index in [1.807, 2.05) is 17.1 Å². The van der Waals surface area contributed by atoms with Crippen LogP contribution in [0, 0.1) is 12.8 Å². The summed E-state index contributed by atoms with van der Waals surface area (Å²) in [6.07, 6.45) is -0.279. The van der Waals surface area contributed by atoms with Crippen LogP contribution in [0.25, 0.3) is 0 Å². The number of thioether (sulfide) groups is 1. The minimum atomic E-state index is -0.279. The van der Waals surface area contributed by atoms with Gasteiger partial charge in [0.15, 0.2) is 0 Å². The predicted molar refractivity (Wildman–Crippen MR) is 66.2 cm³/mol. The molecule has 0 aromatic carbocycles. The fourth-order valence-corrected chi connectivity index (χ4v) is 3.23. The maximum atomic E-state index is 9.89. The molecule has 1 aromatic rings. The molecule has 80 valence electrons. The third-order valence-electron chi connectivity index (χ3n) is 1.93. The number of hydrogen-bond donors (Lipinski definition) is 1. The molecule has 0 aliphatic carbocycles. The van der Waals surface area contributed by atoms with Crippen molar-refractivity contribution in [2.45, 2.75) is 26.9 Å². The summed E-state index contributed by atoms with van der Waals surface area (Å²) in [5.41, 5.74) is 1.22. The fourth-order valence-electron chi connectivity index (χ4n) is 1.22. The van der Waals surface area contributed by atoms with Gasteiger partial charge in [-0.15, -0.1) is 11.3 Å². The van der Waals surface area contributed by atoms with Crippen molar-refractivity contribution >= 4 is 23.1 Å². The van der Waals surface area contributed by atoms with Crippen LogP contribution < -0.4 is 0 Å². The van der Waals surface area contributed by atoms with Gasteiger partial charge < -0.3 is 5.11 Å². The van der Waals surface area contributed by atoms with E-state index in [1.54, 1.807) is 11.3 Å². The van der Waals surface area contributed by atoms with Crippen molar-refractivity contribution in [3.8, 4) is 0 Å². The topological polar surface area (TPSA) is 20.2 Å². The molecule has 1 nitrogen and oxygen atoms in total. The maximum absolute atomic E-state index is 9.89. The SMILES string of the molecule is Cc1ccsc1C(O)CSCC(C)C. The number of aliphatic hydroxyl groups excluding tert-OH is 1. The van der Waals surface area contributed by atoms with Crippen molar-refractivity contribution < 1.29 is 5.11 Å². The standard InChI is InChI=1S/C11H18OS2/c1-8(2)6-13-7-10(12)11-9(3)4-5-14-11/h4-5,8,10,12H,6-7H2,1-3H3. The summed E-state index contributed by atoms with van der Waals surface area (Å²) in [6, 6.07) is 2.07. The second kappa shape index (κ2) is 5.79. The van der Waals surface area contributed by atoms with Crippen LogP contribution in [0.15, 0.2) is 11.4 Å². The molecule has 0 aliphatic rings. The van der Waals surface area contributed by atoms with Crippen molar-refractivity contribution in [2.75, 3.05) is 11.5 Å². The summed E-state index contributed by atoms with van der Waals surface area (Å²) >= 11 is 3.49. The molecule has 0 spiro atoms. The van der Waals surface area contributed by atoms with Gasteiger partial charge in [0.1, 0.15) is 0 Å². The molecule has 1 atom stereocenters. The highest BCUT2D eigenvalue weighted by Gasteiger charge is 2.11. The van der Waals surface area contributed by atoms with Crippen molar-refractivity contribution in [3.63, 3.8) is 0 Å². The Morgan fingerprint density at radius 1 is 1.43 bits per heavy atom. The van der Waals surface area contributed by atoms with Gasteiger partial charge in [0.2, 0.25) is 0 Å². The lowest BCUT2D eigenvalue weighted by atomic mass is 10.2. The van der Waals surface area contributed by atoms with E-state index in [0.717, 1.165) is 16.4 Å². The van der Waals surface area contributed by atoms with Crippen LogP contribution in [0.4, 0.5) is 0 Å². The molecule has 0 aliphatic heterocycles. The highest BCUT2D eigenvalue weighted by Crippen LogP contribution is 2.26. The molecule has 0 saturated heterocycles. The highest BCUT2D eigenvalue weighted by molar-refractivity contribution is 7.99. The Bertz CT molecular complexity index is 268. The zero-order chi connectivity index (χ0) is 10.6. The first-order valence-corrected chi connectivity index (χ1v) is 6.94. The Labute approximate surface area is 94.5 Å². The lowest BCUT2D eigenvalue weighted by Gasteiger charge is -2.10. The molecular weight excluding hydrogens is 212 g/mol. The van der Waals surface area contributed by atoms with Crippen LogP contribution in [0.3, 0.4) is 0 Å². The van der Waals surface area contributed by atoms with Crippen LogP contribution in [-0.4, -0.2) is 16.6 Å². The number of aryl methyl sites for hydroxylation is 1. The largest absolute Gasteiger partial charge is 0.387 e. The van der Waals surface area contributed by atoms with E-state index >= 15 is 0 Å². The summed E-state index contributed by atoms with van der Waals surface area (Å²) in [5.74, 6) is 2.65. The lowest BCUT2D eigenvalue weighted by Crippen LogP contribution is -2.02. The molecule has 0 radical (unpaired) electrons. The van der Waals surface area contributed by atoms with Gasteiger partial charge in [0.25, 0.3) is 0 Å². The van der Waals surface area contributed by atoms with Gasteiger partial charge in [0.05, 0.1) is 6.10 Å².